The first kappa shape index (κ1) is 24.2. The zero-order valence-electron chi connectivity index (χ0n) is 17.2. The smallest absolute Gasteiger partial charge is 0.191 e. The summed E-state index contributed by atoms with van der Waals surface area (Å²) in [6.07, 6.45) is 0.231. The number of methoxy groups -OCH3 is 1. The molecule has 0 fully saturated rings. The first-order chi connectivity index (χ1) is 13.1. The summed E-state index contributed by atoms with van der Waals surface area (Å²) >= 11 is 0. The van der Waals surface area contributed by atoms with E-state index in [2.05, 4.69) is 41.8 Å². The summed E-state index contributed by atoms with van der Waals surface area (Å²) in [6, 6.07) is 16.4. The molecular weight excluding hydrogens is 465 g/mol. The topological polar surface area (TPSA) is 54.9 Å². The number of benzene rings is 2. The maximum absolute atomic E-state index is 5.68. The van der Waals surface area contributed by atoms with Gasteiger partial charge >= 0.3 is 0 Å². The Kier molecular flexibility index (Phi) is 11.6. The summed E-state index contributed by atoms with van der Waals surface area (Å²) in [5.74, 6) is 1.66. The van der Waals surface area contributed by atoms with Crippen LogP contribution in [0.25, 0.3) is 0 Å². The average molecular weight is 497 g/mol. The van der Waals surface area contributed by atoms with Crippen LogP contribution in [0.2, 0.25) is 0 Å². The molecule has 0 atom stereocenters. The lowest BCUT2D eigenvalue weighted by Crippen LogP contribution is -2.36. The Hall–Kier alpha value is -1.80. The number of hydrogen-bond donors (Lipinski definition) is 2. The molecule has 2 aromatic rings. The summed E-state index contributed by atoms with van der Waals surface area (Å²) in [5.41, 5.74) is 3.52. The summed E-state index contributed by atoms with van der Waals surface area (Å²) in [6.45, 7) is 8.93. The second-order valence-corrected chi connectivity index (χ2v) is 6.58. The number of nitrogens with one attached hydrogen (secondary N) is 2. The Morgan fingerprint density at radius 1 is 1.00 bits per heavy atom. The molecule has 0 heterocycles. The van der Waals surface area contributed by atoms with Crippen LogP contribution in [0.5, 0.6) is 5.75 Å². The lowest BCUT2D eigenvalue weighted by molar-refractivity contribution is 0.0657. The van der Waals surface area contributed by atoms with Gasteiger partial charge in [0, 0.05) is 13.1 Å². The molecule has 2 N–H and O–H groups in total. The van der Waals surface area contributed by atoms with Gasteiger partial charge in [0.15, 0.2) is 5.96 Å². The first-order valence-corrected chi connectivity index (χ1v) is 9.45. The first-order valence-electron chi connectivity index (χ1n) is 9.45. The minimum atomic E-state index is 0. The highest BCUT2D eigenvalue weighted by molar-refractivity contribution is 14.0. The molecule has 0 aromatic heterocycles. The van der Waals surface area contributed by atoms with Gasteiger partial charge in [-0.25, -0.2) is 4.99 Å². The number of ether oxygens (including phenoxy) is 2. The predicted octanol–water partition coefficient (Wildman–Crippen LogP) is 4.49. The van der Waals surface area contributed by atoms with Gasteiger partial charge in [0.25, 0.3) is 0 Å². The number of aliphatic imine (C=N–C) groups is 1. The van der Waals surface area contributed by atoms with Gasteiger partial charge in [-0.1, -0.05) is 36.4 Å². The summed E-state index contributed by atoms with van der Waals surface area (Å²) < 4.78 is 10.9. The lowest BCUT2D eigenvalue weighted by atomic mass is 10.1. The van der Waals surface area contributed by atoms with E-state index in [4.69, 9.17) is 14.5 Å². The van der Waals surface area contributed by atoms with E-state index in [9.17, 15) is 0 Å². The Labute approximate surface area is 186 Å². The van der Waals surface area contributed by atoms with Crippen molar-refractivity contribution >= 4 is 29.9 Å². The SMILES string of the molecule is CCNC(=NCc1cccc(COC(C)C)c1)NCc1ccc(OC)cc1.I. The van der Waals surface area contributed by atoms with Crippen LogP contribution in [0.4, 0.5) is 0 Å². The van der Waals surface area contributed by atoms with Crippen LogP contribution in [0.3, 0.4) is 0 Å². The molecule has 2 rings (SSSR count). The van der Waals surface area contributed by atoms with Crippen molar-refractivity contribution < 1.29 is 9.47 Å². The zero-order chi connectivity index (χ0) is 19.5. The molecule has 0 amide bonds. The summed E-state index contributed by atoms with van der Waals surface area (Å²) in [7, 11) is 1.67. The minimum absolute atomic E-state index is 0. The molecule has 0 radical (unpaired) electrons. The Morgan fingerprint density at radius 3 is 2.36 bits per heavy atom. The van der Waals surface area contributed by atoms with E-state index in [-0.39, 0.29) is 30.1 Å². The molecule has 0 aliphatic rings. The fraction of sp³-hybridized carbons (Fsp3) is 0.409. The van der Waals surface area contributed by atoms with Crippen molar-refractivity contribution in [3.63, 3.8) is 0 Å². The van der Waals surface area contributed by atoms with Crippen LogP contribution in [0.1, 0.15) is 37.5 Å². The molecule has 0 unspecified atom stereocenters. The highest BCUT2D eigenvalue weighted by Crippen LogP contribution is 2.11. The van der Waals surface area contributed by atoms with E-state index in [1.165, 1.54) is 16.7 Å². The maximum Gasteiger partial charge on any atom is 0.191 e. The monoisotopic (exact) mass is 497 g/mol. The van der Waals surface area contributed by atoms with E-state index in [1.807, 2.05) is 38.1 Å². The van der Waals surface area contributed by atoms with Crippen LogP contribution in [-0.4, -0.2) is 25.7 Å². The highest BCUT2D eigenvalue weighted by Gasteiger charge is 2.01. The van der Waals surface area contributed by atoms with E-state index in [0.29, 0.717) is 19.7 Å². The second kappa shape index (κ2) is 13.4. The van der Waals surface area contributed by atoms with Gasteiger partial charge < -0.3 is 20.1 Å². The minimum Gasteiger partial charge on any atom is -0.497 e. The predicted molar refractivity (Wildman–Crippen MR) is 126 cm³/mol. The van der Waals surface area contributed by atoms with Crippen LogP contribution in [0.15, 0.2) is 53.5 Å². The fourth-order valence-electron chi connectivity index (χ4n) is 2.52. The largest absolute Gasteiger partial charge is 0.497 e. The summed E-state index contributed by atoms with van der Waals surface area (Å²) in [4.78, 5) is 4.70. The normalized spacial score (nSPS) is 11.1. The molecule has 28 heavy (non-hydrogen) atoms. The number of guanidine groups is 1. The molecule has 0 bridgehead atoms. The third-order valence-corrected chi connectivity index (χ3v) is 3.96. The van der Waals surface area contributed by atoms with Crippen molar-refractivity contribution in [2.45, 2.75) is 46.6 Å². The molecule has 154 valence electrons. The maximum atomic E-state index is 5.68. The van der Waals surface area contributed by atoms with Crippen LogP contribution in [0, 0.1) is 0 Å². The molecule has 0 aliphatic heterocycles. The van der Waals surface area contributed by atoms with E-state index < -0.39 is 0 Å². The number of rotatable bonds is 9. The van der Waals surface area contributed by atoms with E-state index >= 15 is 0 Å². The van der Waals surface area contributed by atoms with Gasteiger partial charge in [-0.2, -0.15) is 0 Å². The Bertz CT molecular complexity index is 718. The fourth-order valence-corrected chi connectivity index (χ4v) is 2.52. The van der Waals surface area contributed by atoms with E-state index in [0.717, 1.165) is 18.3 Å². The van der Waals surface area contributed by atoms with Crippen molar-refractivity contribution in [2.75, 3.05) is 13.7 Å². The zero-order valence-corrected chi connectivity index (χ0v) is 19.5. The molecule has 5 nitrogen and oxygen atoms in total. The number of nitrogens with zero attached hydrogens (tertiary/aromatic N) is 1. The van der Waals surface area contributed by atoms with Crippen molar-refractivity contribution in [3.05, 3.63) is 65.2 Å². The third-order valence-electron chi connectivity index (χ3n) is 3.96. The highest BCUT2D eigenvalue weighted by atomic mass is 127. The Balaban J connectivity index is 0.00000392. The molecule has 0 spiro atoms. The van der Waals surface area contributed by atoms with Gasteiger partial charge in [-0.05, 0) is 49.6 Å². The van der Waals surface area contributed by atoms with Crippen LogP contribution < -0.4 is 15.4 Å². The van der Waals surface area contributed by atoms with Crippen molar-refractivity contribution in [3.8, 4) is 5.75 Å². The molecular formula is C22H32IN3O2. The second-order valence-electron chi connectivity index (χ2n) is 6.58. The average Bonchev–Trinajstić information content (AvgIpc) is 2.69. The molecule has 0 aliphatic carbocycles. The van der Waals surface area contributed by atoms with Crippen molar-refractivity contribution in [1.82, 2.24) is 10.6 Å². The van der Waals surface area contributed by atoms with Gasteiger partial charge in [0.05, 0.1) is 26.4 Å². The van der Waals surface area contributed by atoms with Crippen molar-refractivity contribution in [2.24, 2.45) is 4.99 Å². The van der Waals surface area contributed by atoms with Crippen molar-refractivity contribution in [1.29, 1.82) is 0 Å². The quantitative estimate of drug-likeness (QED) is 0.305. The number of hydrogen-bond acceptors (Lipinski definition) is 3. The molecule has 6 heteroatoms. The van der Waals surface area contributed by atoms with Crippen LogP contribution in [-0.2, 0) is 24.4 Å². The van der Waals surface area contributed by atoms with Gasteiger partial charge in [0.2, 0.25) is 0 Å². The van der Waals surface area contributed by atoms with E-state index in [1.54, 1.807) is 7.11 Å². The van der Waals surface area contributed by atoms with Crippen LogP contribution >= 0.6 is 24.0 Å². The lowest BCUT2D eigenvalue weighted by Gasteiger charge is -2.12. The molecule has 0 saturated carbocycles. The Morgan fingerprint density at radius 2 is 1.71 bits per heavy atom. The number of halogens is 1. The third kappa shape index (κ3) is 8.93. The standard InChI is InChI=1S/C22H31N3O2.HI/c1-5-23-22(24-14-18-9-11-21(26-4)12-10-18)25-15-19-7-6-8-20(13-19)16-27-17(2)3;/h6-13,17H,5,14-16H2,1-4H3,(H2,23,24,25);1H. The summed E-state index contributed by atoms with van der Waals surface area (Å²) in [5, 5.41) is 6.66. The van der Waals surface area contributed by atoms with Gasteiger partial charge in [-0.3, -0.25) is 0 Å². The van der Waals surface area contributed by atoms with Gasteiger partial charge in [0.1, 0.15) is 5.75 Å². The molecule has 2 aromatic carbocycles. The van der Waals surface area contributed by atoms with Gasteiger partial charge in [-0.15, -0.1) is 24.0 Å². The molecule has 0 saturated heterocycles.